The summed E-state index contributed by atoms with van der Waals surface area (Å²) < 4.78 is 5.54. The number of alkyl carbamates (subject to hydrolysis) is 1. The summed E-state index contributed by atoms with van der Waals surface area (Å²) in [6, 6.07) is 14.9. The van der Waals surface area contributed by atoms with E-state index in [9.17, 15) is 19.5 Å². The second-order valence-electron chi connectivity index (χ2n) is 8.72. The van der Waals surface area contributed by atoms with Gasteiger partial charge in [-0.25, -0.2) is 14.6 Å². The van der Waals surface area contributed by atoms with E-state index in [1.807, 2.05) is 48.5 Å². The molecule has 4 N–H and O–H groups in total. The summed E-state index contributed by atoms with van der Waals surface area (Å²) in [4.78, 5) is 43.8. The van der Waals surface area contributed by atoms with Gasteiger partial charge in [0.25, 0.3) is 0 Å². The number of carboxylic acids is 1. The molecule has 0 fully saturated rings. The Morgan fingerprint density at radius 2 is 1.71 bits per heavy atom. The Hall–Kier alpha value is -4.14. The number of carbonyl (C=O) groups excluding carboxylic acids is 2. The molecule has 0 spiro atoms. The normalized spacial score (nSPS) is 13.5. The van der Waals surface area contributed by atoms with Crippen molar-refractivity contribution >= 4 is 18.0 Å². The van der Waals surface area contributed by atoms with Crippen molar-refractivity contribution in [3.8, 4) is 11.1 Å². The second-order valence-corrected chi connectivity index (χ2v) is 8.72. The summed E-state index contributed by atoms with van der Waals surface area (Å²) in [7, 11) is 0. The summed E-state index contributed by atoms with van der Waals surface area (Å²) >= 11 is 0. The number of carbonyl (C=O) groups is 3. The molecular weight excluding hydrogens is 436 g/mol. The number of aromatic nitrogens is 2. The van der Waals surface area contributed by atoms with Gasteiger partial charge in [0.15, 0.2) is 0 Å². The van der Waals surface area contributed by atoms with Crippen molar-refractivity contribution in [1.29, 1.82) is 0 Å². The summed E-state index contributed by atoms with van der Waals surface area (Å²) in [5, 5.41) is 14.4. The number of amides is 2. The van der Waals surface area contributed by atoms with Gasteiger partial charge < -0.3 is 25.5 Å². The van der Waals surface area contributed by atoms with Crippen LogP contribution in [0, 0.1) is 0 Å². The van der Waals surface area contributed by atoms with Gasteiger partial charge in [0.2, 0.25) is 5.91 Å². The zero-order valence-corrected chi connectivity index (χ0v) is 18.9. The number of aliphatic carboxylic acids is 1. The third kappa shape index (κ3) is 4.78. The lowest BCUT2D eigenvalue weighted by molar-refractivity contribution is -0.146. The molecule has 2 amide bonds. The number of hydrogen-bond acceptors (Lipinski definition) is 5. The third-order valence-electron chi connectivity index (χ3n) is 5.90. The summed E-state index contributed by atoms with van der Waals surface area (Å²) in [5.74, 6) is -1.96. The van der Waals surface area contributed by atoms with E-state index in [-0.39, 0.29) is 18.9 Å². The van der Waals surface area contributed by atoms with Crippen LogP contribution in [0.3, 0.4) is 0 Å². The van der Waals surface area contributed by atoms with Crippen LogP contribution in [0.15, 0.2) is 61.1 Å². The van der Waals surface area contributed by atoms with Crippen molar-refractivity contribution < 1.29 is 24.2 Å². The van der Waals surface area contributed by atoms with Crippen LogP contribution in [-0.4, -0.2) is 51.2 Å². The summed E-state index contributed by atoms with van der Waals surface area (Å²) in [6.07, 6.45) is 2.31. The number of benzene rings is 2. The van der Waals surface area contributed by atoms with Gasteiger partial charge in [-0.15, -0.1) is 0 Å². The Kier molecular flexibility index (Phi) is 6.36. The number of rotatable bonds is 8. The highest BCUT2D eigenvalue weighted by molar-refractivity contribution is 5.91. The Balaban J connectivity index is 1.46. The molecule has 0 radical (unpaired) electrons. The minimum absolute atomic E-state index is 0.0890. The number of carboxylic acid groups (broad SMARTS) is 1. The fraction of sp³-hybridized carbons (Fsp3) is 0.280. The molecule has 1 heterocycles. The largest absolute Gasteiger partial charge is 0.480 e. The average molecular weight is 463 g/mol. The standard InChI is InChI=1S/C25H26N4O5/c1-25(2,23(31)32)29-22(30)21(11-15-12-26-14-27-15)28-24(33)34-13-20-18-9-5-3-7-16(18)17-8-4-6-10-19(17)20/h3-10,12,14,20-21H,11,13H2,1-2H3,(H,26,27)(H,28,33)(H,29,30)(H,31,32)/t21-/m0/s1. The maximum Gasteiger partial charge on any atom is 0.407 e. The quantitative estimate of drug-likeness (QED) is 0.407. The molecule has 1 atom stereocenters. The number of ether oxygens (including phenoxy) is 1. The minimum Gasteiger partial charge on any atom is -0.480 e. The first kappa shape index (κ1) is 23.0. The smallest absolute Gasteiger partial charge is 0.407 e. The van der Waals surface area contributed by atoms with Gasteiger partial charge in [-0.3, -0.25) is 4.79 Å². The van der Waals surface area contributed by atoms with E-state index in [0.29, 0.717) is 5.69 Å². The number of nitrogens with zero attached hydrogens (tertiary/aromatic N) is 1. The van der Waals surface area contributed by atoms with Gasteiger partial charge >= 0.3 is 12.1 Å². The molecule has 9 nitrogen and oxygen atoms in total. The number of nitrogens with one attached hydrogen (secondary N) is 3. The first-order valence-corrected chi connectivity index (χ1v) is 10.9. The van der Waals surface area contributed by atoms with Crippen LogP contribution in [0.5, 0.6) is 0 Å². The highest BCUT2D eigenvalue weighted by Gasteiger charge is 2.34. The van der Waals surface area contributed by atoms with Crippen molar-refractivity contribution in [2.45, 2.75) is 37.8 Å². The molecule has 176 valence electrons. The molecule has 4 rings (SSSR count). The first-order chi connectivity index (χ1) is 16.3. The molecule has 0 unspecified atom stereocenters. The van der Waals surface area contributed by atoms with Gasteiger partial charge in [-0.1, -0.05) is 48.5 Å². The summed E-state index contributed by atoms with van der Waals surface area (Å²) in [6.45, 7) is 2.83. The molecule has 0 aliphatic heterocycles. The Morgan fingerprint density at radius 1 is 1.09 bits per heavy atom. The number of fused-ring (bicyclic) bond motifs is 3. The van der Waals surface area contributed by atoms with Gasteiger partial charge in [-0.05, 0) is 36.1 Å². The molecule has 1 aliphatic rings. The van der Waals surface area contributed by atoms with Crippen LogP contribution in [0.1, 0.15) is 36.6 Å². The number of hydrogen-bond donors (Lipinski definition) is 4. The molecule has 1 aliphatic carbocycles. The number of imidazole rings is 1. The zero-order valence-electron chi connectivity index (χ0n) is 18.9. The SMILES string of the molecule is CC(C)(NC(=O)[C@H](Cc1cnc[nH]1)NC(=O)OCC1c2ccccc2-c2ccccc21)C(=O)O. The van der Waals surface area contributed by atoms with Gasteiger partial charge in [0, 0.05) is 24.2 Å². The fourth-order valence-electron chi connectivity index (χ4n) is 4.06. The molecule has 3 aromatic rings. The predicted octanol–water partition coefficient (Wildman–Crippen LogP) is 2.84. The van der Waals surface area contributed by atoms with Gasteiger partial charge in [0.1, 0.15) is 18.2 Å². The van der Waals surface area contributed by atoms with E-state index in [0.717, 1.165) is 22.3 Å². The first-order valence-electron chi connectivity index (χ1n) is 10.9. The topological polar surface area (TPSA) is 133 Å². The minimum atomic E-state index is -1.51. The third-order valence-corrected chi connectivity index (χ3v) is 5.90. The lowest BCUT2D eigenvalue weighted by atomic mass is 9.98. The van der Waals surface area contributed by atoms with Crippen LogP contribution in [0.2, 0.25) is 0 Å². The fourth-order valence-corrected chi connectivity index (χ4v) is 4.06. The lowest BCUT2D eigenvalue weighted by Crippen LogP contribution is -2.57. The molecule has 0 saturated heterocycles. The van der Waals surface area contributed by atoms with Gasteiger partial charge in [-0.2, -0.15) is 0 Å². The number of H-pyrrole nitrogens is 1. The van der Waals surface area contributed by atoms with Crippen LogP contribution >= 0.6 is 0 Å². The van der Waals surface area contributed by atoms with E-state index in [1.165, 1.54) is 26.4 Å². The van der Waals surface area contributed by atoms with Gasteiger partial charge in [0.05, 0.1) is 6.33 Å². The Bertz CT molecular complexity index is 1160. The van der Waals surface area contributed by atoms with Crippen LogP contribution in [0.4, 0.5) is 4.79 Å². The predicted molar refractivity (Wildman–Crippen MR) is 124 cm³/mol. The van der Waals surface area contributed by atoms with Crippen LogP contribution < -0.4 is 10.6 Å². The van der Waals surface area contributed by atoms with Crippen molar-refractivity contribution in [3.05, 3.63) is 77.9 Å². The van der Waals surface area contributed by atoms with Crippen LogP contribution in [0.25, 0.3) is 11.1 Å². The van der Waals surface area contributed by atoms with E-state index in [2.05, 4.69) is 20.6 Å². The molecular formula is C25H26N4O5. The highest BCUT2D eigenvalue weighted by Crippen LogP contribution is 2.44. The molecule has 1 aromatic heterocycles. The van der Waals surface area contributed by atoms with E-state index in [4.69, 9.17) is 4.74 Å². The van der Waals surface area contributed by atoms with Crippen molar-refractivity contribution in [2.24, 2.45) is 0 Å². The van der Waals surface area contributed by atoms with Crippen molar-refractivity contribution in [2.75, 3.05) is 6.61 Å². The second kappa shape index (κ2) is 9.38. The monoisotopic (exact) mass is 462 g/mol. The number of aromatic amines is 1. The maximum atomic E-state index is 12.8. The van der Waals surface area contributed by atoms with Crippen molar-refractivity contribution in [3.63, 3.8) is 0 Å². The molecule has 2 aromatic carbocycles. The van der Waals surface area contributed by atoms with E-state index in [1.54, 1.807) is 0 Å². The van der Waals surface area contributed by atoms with Crippen LogP contribution in [-0.2, 0) is 20.7 Å². The van der Waals surface area contributed by atoms with E-state index < -0.39 is 29.6 Å². The van der Waals surface area contributed by atoms with E-state index >= 15 is 0 Å². The lowest BCUT2D eigenvalue weighted by Gasteiger charge is -2.25. The summed E-state index contributed by atoms with van der Waals surface area (Å²) in [5.41, 5.74) is 3.47. The zero-order chi connectivity index (χ0) is 24.3. The maximum absolute atomic E-state index is 12.8. The Morgan fingerprint density at radius 3 is 2.26 bits per heavy atom. The molecule has 0 saturated carbocycles. The molecule has 0 bridgehead atoms. The molecule has 9 heteroatoms. The molecule has 34 heavy (non-hydrogen) atoms. The average Bonchev–Trinajstić information content (AvgIpc) is 3.43. The Labute approximate surface area is 196 Å². The van der Waals surface area contributed by atoms with Crippen molar-refractivity contribution in [1.82, 2.24) is 20.6 Å². The highest BCUT2D eigenvalue weighted by atomic mass is 16.5.